The lowest BCUT2D eigenvalue weighted by Crippen LogP contribution is -2.33. The van der Waals surface area contributed by atoms with Crippen LogP contribution in [0.15, 0.2) is 53.8 Å². The molecule has 0 saturated heterocycles. The summed E-state index contributed by atoms with van der Waals surface area (Å²) in [6, 6.07) is 12.0. The van der Waals surface area contributed by atoms with E-state index in [0.29, 0.717) is 36.5 Å². The zero-order chi connectivity index (χ0) is 26.3. The molecule has 0 radical (unpaired) electrons. The van der Waals surface area contributed by atoms with Gasteiger partial charge in [-0.15, -0.1) is 4.99 Å². The van der Waals surface area contributed by atoms with Gasteiger partial charge in [0.05, 0.1) is 51.8 Å². The maximum absolute atomic E-state index is 11.3. The third-order valence-corrected chi connectivity index (χ3v) is 6.83. The van der Waals surface area contributed by atoms with Crippen LogP contribution < -0.4 is 5.62 Å². The molecule has 1 amide bonds. The fraction of sp³-hybridized carbons (Fsp3) is 0.259. The molecule has 4 heterocycles. The molecule has 0 bridgehead atoms. The Morgan fingerprint density at radius 2 is 1.97 bits per heavy atom. The van der Waals surface area contributed by atoms with Gasteiger partial charge >= 0.3 is 6.09 Å². The molecule has 10 heteroatoms. The fourth-order valence-corrected chi connectivity index (χ4v) is 4.67. The van der Waals surface area contributed by atoms with Crippen molar-refractivity contribution in [3.63, 3.8) is 0 Å². The smallest absolute Gasteiger partial charge is 0.407 e. The Kier molecular flexibility index (Phi) is 5.73. The van der Waals surface area contributed by atoms with Crippen LogP contribution in [0.5, 0.6) is 0 Å². The number of fused-ring (bicyclic) bond motifs is 3. The lowest BCUT2D eigenvalue weighted by Gasteiger charge is -2.24. The molecule has 0 aliphatic carbocycles. The molecule has 0 atom stereocenters. The quantitative estimate of drug-likeness (QED) is 0.431. The van der Waals surface area contributed by atoms with E-state index >= 15 is 0 Å². The normalized spacial score (nSPS) is 14.5. The summed E-state index contributed by atoms with van der Waals surface area (Å²) in [7, 11) is 1.83. The van der Waals surface area contributed by atoms with Crippen molar-refractivity contribution >= 4 is 33.6 Å². The summed E-state index contributed by atoms with van der Waals surface area (Å²) in [5, 5.41) is 29.1. The lowest BCUT2D eigenvalue weighted by molar-refractivity contribution is 0.150. The summed E-state index contributed by atoms with van der Waals surface area (Å²) in [5.41, 5.74) is 5.47. The summed E-state index contributed by atoms with van der Waals surface area (Å²) in [4.78, 5) is 26.0. The van der Waals surface area contributed by atoms with Crippen molar-refractivity contribution < 1.29 is 9.90 Å². The molecule has 1 aromatic carbocycles. The van der Waals surface area contributed by atoms with E-state index in [-0.39, 0.29) is 0 Å². The van der Waals surface area contributed by atoms with Crippen molar-refractivity contribution in [2.75, 3.05) is 13.1 Å². The Balaban J connectivity index is 1.75. The molecule has 4 aromatic rings. The van der Waals surface area contributed by atoms with E-state index in [9.17, 15) is 20.4 Å². The molecule has 10 nitrogen and oxygen atoms in total. The summed E-state index contributed by atoms with van der Waals surface area (Å²) in [6.07, 6.45) is 6.99. The highest BCUT2D eigenvalue weighted by molar-refractivity contribution is 6.04. The van der Waals surface area contributed by atoms with Gasteiger partial charge in [0.1, 0.15) is 0 Å². The maximum Gasteiger partial charge on any atom is 0.407 e. The van der Waals surface area contributed by atoms with Crippen molar-refractivity contribution in [2.45, 2.75) is 25.7 Å². The molecule has 37 heavy (non-hydrogen) atoms. The molecule has 3 aromatic heterocycles. The number of imidazole rings is 1. The first-order chi connectivity index (χ1) is 17.7. The van der Waals surface area contributed by atoms with Crippen molar-refractivity contribution in [1.82, 2.24) is 24.0 Å². The molecule has 0 unspecified atom stereocenters. The van der Waals surface area contributed by atoms with Gasteiger partial charge in [0.25, 0.3) is 0 Å². The van der Waals surface area contributed by atoms with E-state index in [2.05, 4.69) is 27.1 Å². The van der Waals surface area contributed by atoms with Crippen LogP contribution >= 0.6 is 0 Å². The molecular weight excluding hydrogens is 468 g/mol. The summed E-state index contributed by atoms with van der Waals surface area (Å²) in [6.45, 7) is 4.41. The Morgan fingerprint density at radius 3 is 2.59 bits per heavy atom. The lowest BCUT2D eigenvalue weighted by atomic mass is 9.91. The Morgan fingerprint density at radius 1 is 1.16 bits per heavy atom. The van der Waals surface area contributed by atoms with Crippen LogP contribution in [0.3, 0.4) is 0 Å². The van der Waals surface area contributed by atoms with Crippen molar-refractivity contribution in [3.05, 3.63) is 65.7 Å². The van der Waals surface area contributed by atoms with Gasteiger partial charge < -0.3 is 14.6 Å². The molecule has 0 fully saturated rings. The number of hydrogen-bond donors (Lipinski definition) is 1. The van der Waals surface area contributed by atoms with Gasteiger partial charge in [0.15, 0.2) is 0 Å². The van der Waals surface area contributed by atoms with Crippen LogP contribution in [0.1, 0.15) is 31.5 Å². The number of nitriles is 2. The van der Waals surface area contributed by atoms with E-state index in [1.807, 2.05) is 66.6 Å². The van der Waals surface area contributed by atoms with Crippen molar-refractivity contribution in [2.24, 2.45) is 12.0 Å². The first kappa shape index (κ1) is 23.8. The predicted octanol–water partition coefficient (Wildman–Crippen LogP) is 3.86. The number of pyridine rings is 2. The number of aromatic nitrogens is 4. The minimum Gasteiger partial charge on any atom is -0.465 e. The second-order valence-corrected chi connectivity index (χ2v) is 9.48. The largest absolute Gasteiger partial charge is 0.465 e. The molecule has 1 aliphatic heterocycles. The van der Waals surface area contributed by atoms with E-state index in [1.54, 1.807) is 12.4 Å². The molecule has 184 valence electrons. The predicted molar refractivity (Wildman–Crippen MR) is 137 cm³/mol. The summed E-state index contributed by atoms with van der Waals surface area (Å²) >= 11 is 0. The average Bonchev–Trinajstić information content (AvgIpc) is 3.20. The molecule has 5 rings (SSSR count). The Hall–Kier alpha value is -4.96. The van der Waals surface area contributed by atoms with Crippen LogP contribution in [-0.2, 0) is 12.5 Å². The number of benzene rings is 1. The highest BCUT2D eigenvalue weighted by atomic mass is 16.4. The topological polar surface area (TPSA) is 136 Å². The summed E-state index contributed by atoms with van der Waals surface area (Å²) < 4.78 is 3.69. The van der Waals surface area contributed by atoms with Crippen LogP contribution in [0.4, 0.5) is 4.79 Å². The number of aryl methyl sites for hydroxylation is 1. The van der Waals surface area contributed by atoms with Crippen molar-refractivity contribution in [1.29, 1.82) is 10.5 Å². The second-order valence-electron chi connectivity index (χ2n) is 9.48. The third kappa shape index (κ3) is 3.99. The SMILES string of the molecule is Cn1/c(=N/C#N)n(-c2ccc(C(C)(C)C#N)nc2)c2c3cc(C4=CCN(C(=O)O)CC4)ccc3ncc21. The zero-order valence-corrected chi connectivity index (χ0v) is 20.7. The van der Waals surface area contributed by atoms with E-state index in [0.717, 1.165) is 33.1 Å². The minimum atomic E-state index is -0.920. The molecule has 0 spiro atoms. The van der Waals surface area contributed by atoms with Gasteiger partial charge in [-0.2, -0.15) is 10.5 Å². The summed E-state index contributed by atoms with van der Waals surface area (Å²) in [5.74, 6) is 0. The van der Waals surface area contributed by atoms with Crippen LogP contribution in [0, 0.1) is 22.8 Å². The van der Waals surface area contributed by atoms with Gasteiger partial charge in [-0.3, -0.25) is 14.5 Å². The first-order valence-electron chi connectivity index (χ1n) is 11.7. The average molecular weight is 493 g/mol. The van der Waals surface area contributed by atoms with Crippen molar-refractivity contribution in [3.8, 4) is 17.9 Å². The van der Waals surface area contributed by atoms with Gasteiger partial charge in [-0.25, -0.2) is 4.79 Å². The maximum atomic E-state index is 11.3. The highest BCUT2D eigenvalue weighted by Gasteiger charge is 2.23. The van der Waals surface area contributed by atoms with Gasteiger partial charge in [-0.1, -0.05) is 12.1 Å². The van der Waals surface area contributed by atoms with Gasteiger partial charge in [-0.05, 0) is 55.7 Å². The molecule has 1 aliphatic rings. The number of amides is 1. The number of nitrogens with zero attached hydrogens (tertiary/aromatic N) is 8. The Bertz CT molecular complexity index is 1740. The number of carboxylic acid groups (broad SMARTS) is 1. The minimum absolute atomic E-state index is 0.346. The number of rotatable bonds is 3. The molecule has 0 saturated carbocycles. The van der Waals surface area contributed by atoms with Crippen LogP contribution in [0.2, 0.25) is 0 Å². The monoisotopic (exact) mass is 492 g/mol. The molecule has 1 N–H and O–H groups in total. The number of hydrogen-bond acceptors (Lipinski definition) is 6. The van der Waals surface area contributed by atoms with Gasteiger partial charge in [0, 0.05) is 25.5 Å². The third-order valence-electron chi connectivity index (χ3n) is 6.83. The highest BCUT2D eigenvalue weighted by Crippen LogP contribution is 2.30. The van der Waals surface area contributed by atoms with Gasteiger partial charge in [0.2, 0.25) is 11.8 Å². The van der Waals surface area contributed by atoms with Crippen LogP contribution in [0.25, 0.3) is 33.2 Å². The van der Waals surface area contributed by atoms with E-state index < -0.39 is 11.5 Å². The Labute approximate surface area is 212 Å². The molecular formula is C27H24N8O2. The second kappa shape index (κ2) is 8.92. The fourth-order valence-electron chi connectivity index (χ4n) is 4.67. The zero-order valence-electron chi connectivity index (χ0n) is 20.7. The van der Waals surface area contributed by atoms with Crippen LogP contribution in [-0.4, -0.2) is 48.3 Å². The van der Waals surface area contributed by atoms with E-state index in [1.165, 1.54) is 4.90 Å². The first-order valence-corrected chi connectivity index (χ1v) is 11.7. The standard InChI is InChI=1S/C27H24N8O2/c1-27(2,15-28)23-7-5-19(13-31-23)35-24-20-12-18(17-8-10-34(11-9-17)26(36)37)4-6-21(20)30-14-22(24)33(3)25(35)32-16-29/h4-8,12-14H,9-11H2,1-3H3,(H,36,37)/b32-25-. The number of carbonyl (C=O) groups is 1. The van der Waals surface area contributed by atoms with E-state index in [4.69, 9.17) is 0 Å².